The fourth-order valence-corrected chi connectivity index (χ4v) is 2.71. The largest absolute Gasteiger partial charge is 0.377 e. The molecule has 0 saturated carbocycles. The van der Waals surface area contributed by atoms with E-state index < -0.39 is 0 Å². The molecule has 0 aliphatic rings. The van der Waals surface area contributed by atoms with E-state index in [1.165, 1.54) is 10.5 Å². The van der Waals surface area contributed by atoms with Crippen LogP contribution in [0.1, 0.15) is 38.7 Å². The highest BCUT2D eigenvalue weighted by molar-refractivity contribution is 7.99. The van der Waals surface area contributed by atoms with Crippen molar-refractivity contribution >= 4 is 11.8 Å². The molecule has 0 amide bonds. The zero-order chi connectivity index (χ0) is 13.4. The molecule has 1 rings (SSSR count). The Morgan fingerprint density at radius 3 is 2.39 bits per heavy atom. The fourth-order valence-electron chi connectivity index (χ4n) is 1.76. The lowest BCUT2D eigenvalue weighted by Gasteiger charge is -2.14. The molecule has 0 saturated heterocycles. The van der Waals surface area contributed by atoms with Crippen LogP contribution in [0.3, 0.4) is 0 Å². The normalized spacial score (nSPS) is 12.9. The number of ether oxygens (including phenoxy) is 1. The highest BCUT2D eigenvalue weighted by Gasteiger charge is 2.06. The molecule has 2 nitrogen and oxygen atoms in total. The Balaban J connectivity index is 2.34. The van der Waals surface area contributed by atoms with E-state index in [-0.39, 0.29) is 6.10 Å². The number of benzene rings is 1. The van der Waals surface area contributed by atoms with Crippen LogP contribution in [0.4, 0.5) is 0 Å². The van der Waals surface area contributed by atoms with Gasteiger partial charge in [-0.15, -0.1) is 11.8 Å². The van der Waals surface area contributed by atoms with E-state index >= 15 is 0 Å². The molecule has 102 valence electrons. The van der Waals surface area contributed by atoms with Gasteiger partial charge in [0.05, 0.1) is 6.10 Å². The first-order valence-electron chi connectivity index (χ1n) is 6.71. The summed E-state index contributed by atoms with van der Waals surface area (Å²) in [5.41, 5.74) is 7.05. The summed E-state index contributed by atoms with van der Waals surface area (Å²) in [6.45, 7) is 7.81. The average Bonchev–Trinajstić information content (AvgIpc) is 2.38. The molecule has 0 aliphatic heterocycles. The van der Waals surface area contributed by atoms with Gasteiger partial charge in [0.25, 0.3) is 0 Å². The lowest BCUT2D eigenvalue weighted by molar-refractivity contribution is 0.0674. The minimum Gasteiger partial charge on any atom is -0.377 e. The van der Waals surface area contributed by atoms with Gasteiger partial charge in [-0.25, -0.2) is 0 Å². The molecule has 0 heterocycles. The van der Waals surface area contributed by atoms with Crippen LogP contribution in [0.15, 0.2) is 29.2 Å². The minimum atomic E-state index is 0.206. The van der Waals surface area contributed by atoms with E-state index in [1.54, 1.807) is 0 Å². The summed E-state index contributed by atoms with van der Waals surface area (Å²) >= 11 is 1.87. The average molecular weight is 267 g/mol. The van der Waals surface area contributed by atoms with Crippen LogP contribution in [0.5, 0.6) is 0 Å². The number of thioether (sulfide) groups is 1. The van der Waals surface area contributed by atoms with Crippen molar-refractivity contribution in [1.82, 2.24) is 0 Å². The van der Waals surface area contributed by atoms with Crippen molar-refractivity contribution in [2.75, 3.05) is 18.9 Å². The number of rotatable bonds is 8. The van der Waals surface area contributed by atoms with Crippen molar-refractivity contribution in [3.63, 3.8) is 0 Å². The van der Waals surface area contributed by atoms with E-state index in [9.17, 15) is 0 Å². The Hall–Kier alpha value is -0.510. The molecule has 0 radical (unpaired) electrons. The Kier molecular flexibility index (Phi) is 7.40. The zero-order valence-corrected chi connectivity index (χ0v) is 12.5. The molecule has 0 aliphatic carbocycles. The second kappa shape index (κ2) is 8.57. The van der Waals surface area contributed by atoms with E-state index in [0.717, 1.165) is 18.8 Å². The summed E-state index contributed by atoms with van der Waals surface area (Å²) in [6, 6.07) is 8.85. The van der Waals surface area contributed by atoms with Gasteiger partial charge < -0.3 is 10.5 Å². The van der Waals surface area contributed by atoms with Gasteiger partial charge in [0.2, 0.25) is 0 Å². The van der Waals surface area contributed by atoms with E-state index in [2.05, 4.69) is 38.1 Å². The van der Waals surface area contributed by atoms with Crippen molar-refractivity contribution in [1.29, 1.82) is 0 Å². The monoisotopic (exact) mass is 267 g/mol. The molecule has 0 bridgehead atoms. The number of nitrogens with two attached hydrogens (primary N) is 1. The molecule has 1 atom stereocenters. The molecule has 2 N–H and O–H groups in total. The molecule has 18 heavy (non-hydrogen) atoms. The molecule has 1 unspecified atom stereocenters. The predicted molar refractivity (Wildman–Crippen MR) is 80.3 cm³/mol. The van der Waals surface area contributed by atoms with E-state index in [4.69, 9.17) is 10.5 Å². The van der Waals surface area contributed by atoms with Gasteiger partial charge in [-0.05, 0) is 37.0 Å². The van der Waals surface area contributed by atoms with Crippen LogP contribution in [0, 0.1) is 0 Å². The molecular formula is C15H25NOS. The maximum absolute atomic E-state index is 5.66. The van der Waals surface area contributed by atoms with Gasteiger partial charge in [0.15, 0.2) is 0 Å². The van der Waals surface area contributed by atoms with Gasteiger partial charge in [0.1, 0.15) is 0 Å². The lowest BCUT2D eigenvalue weighted by atomic mass is 10.0. The van der Waals surface area contributed by atoms with Gasteiger partial charge in [-0.3, -0.25) is 0 Å². The first-order chi connectivity index (χ1) is 8.67. The lowest BCUT2D eigenvalue weighted by Crippen LogP contribution is -2.24. The Morgan fingerprint density at radius 2 is 1.89 bits per heavy atom. The Morgan fingerprint density at radius 1 is 1.22 bits per heavy atom. The summed E-state index contributed by atoms with van der Waals surface area (Å²) in [6.07, 6.45) is 1.22. The van der Waals surface area contributed by atoms with Gasteiger partial charge in [0, 0.05) is 23.8 Å². The zero-order valence-electron chi connectivity index (χ0n) is 11.7. The van der Waals surface area contributed by atoms with Crippen molar-refractivity contribution in [3.8, 4) is 0 Å². The quantitative estimate of drug-likeness (QED) is 0.730. The molecule has 0 spiro atoms. The van der Waals surface area contributed by atoms with Gasteiger partial charge in [-0.2, -0.15) is 0 Å². The highest BCUT2D eigenvalue weighted by atomic mass is 32.2. The van der Waals surface area contributed by atoms with Crippen molar-refractivity contribution < 1.29 is 4.74 Å². The first-order valence-corrected chi connectivity index (χ1v) is 7.70. The van der Waals surface area contributed by atoms with Crippen LogP contribution < -0.4 is 5.73 Å². The van der Waals surface area contributed by atoms with Crippen LogP contribution in [-0.2, 0) is 4.74 Å². The summed E-state index contributed by atoms with van der Waals surface area (Å²) in [4.78, 5) is 1.33. The topological polar surface area (TPSA) is 35.2 Å². The van der Waals surface area contributed by atoms with E-state index in [1.807, 2.05) is 18.7 Å². The molecule has 0 fully saturated rings. The predicted octanol–water partition coefficient (Wildman–Crippen LogP) is 3.66. The smallest absolute Gasteiger partial charge is 0.0705 e. The van der Waals surface area contributed by atoms with Gasteiger partial charge in [-0.1, -0.05) is 26.0 Å². The van der Waals surface area contributed by atoms with Crippen LogP contribution >= 0.6 is 11.8 Å². The SMILES string of the molecule is CCOC(CN)CCSc1ccc(C(C)C)cc1. The second-order valence-electron chi connectivity index (χ2n) is 4.67. The van der Waals surface area contributed by atoms with Gasteiger partial charge >= 0.3 is 0 Å². The standard InChI is InChI=1S/C15H25NOS/c1-4-17-14(11-16)9-10-18-15-7-5-13(6-8-15)12(2)3/h5-8,12,14H,4,9-11,16H2,1-3H3. The summed E-state index contributed by atoms with van der Waals surface area (Å²) in [5.74, 6) is 1.66. The second-order valence-corrected chi connectivity index (χ2v) is 5.84. The summed E-state index contributed by atoms with van der Waals surface area (Å²) < 4.78 is 5.54. The minimum absolute atomic E-state index is 0.206. The number of hydrogen-bond acceptors (Lipinski definition) is 3. The first kappa shape index (κ1) is 15.5. The summed E-state index contributed by atoms with van der Waals surface area (Å²) in [5, 5.41) is 0. The third-order valence-electron chi connectivity index (χ3n) is 2.92. The molecule has 1 aromatic rings. The number of hydrogen-bond donors (Lipinski definition) is 1. The van der Waals surface area contributed by atoms with Crippen molar-refractivity contribution in [2.45, 2.75) is 44.1 Å². The molecular weight excluding hydrogens is 242 g/mol. The highest BCUT2D eigenvalue weighted by Crippen LogP contribution is 2.22. The van der Waals surface area contributed by atoms with E-state index in [0.29, 0.717) is 12.5 Å². The maximum atomic E-state index is 5.66. The Labute approximate surface area is 115 Å². The van der Waals surface area contributed by atoms with Crippen LogP contribution in [0.25, 0.3) is 0 Å². The van der Waals surface area contributed by atoms with Crippen LogP contribution in [0.2, 0.25) is 0 Å². The summed E-state index contributed by atoms with van der Waals surface area (Å²) in [7, 11) is 0. The molecule has 3 heteroatoms. The van der Waals surface area contributed by atoms with Crippen molar-refractivity contribution in [3.05, 3.63) is 29.8 Å². The third kappa shape index (κ3) is 5.42. The third-order valence-corrected chi connectivity index (χ3v) is 3.97. The fraction of sp³-hybridized carbons (Fsp3) is 0.600. The Bertz CT molecular complexity index is 324. The maximum Gasteiger partial charge on any atom is 0.0705 e. The van der Waals surface area contributed by atoms with Crippen molar-refractivity contribution in [2.24, 2.45) is 5.73 Å². The molecule has 0 aromatic heterocycles. The van der Waals surface area contributed by atoms with Crippen LogP contribution in [-0.4, -0.2) is 25.0 Å². The molecule has 1 aromatic carbocycles.